The van der Waals surface area contributed by atoms with Crippen LogP contribution in [0, 0.1) is 0 Å². The van der Waals surface area contributed by atoms with Gasteiger partial charge >= 0.3 is 0 Å². The van der Waals surface area contributed by atoms with Crippen molar-refractivity contribution in [1.29, 1.82) is 0 Å². The molecule has 4 nitrogen and oxygen atoms in total. The van der Waals surface area contributed by atoms with Crippen molar-refractivity contribution >= 4 is 63.5 Å². The van der Waals surface area contributed by atoms with E-state index in [-0.39, 0.29) is 12.5 Å². The Balaban J connectivity index is 1.80. The number of amidine groups is 1. The normalized spacial score (nSPS) is 16.1. The summed E-state index contributed by atoms with van der Waals surface area (Å²) in [5.74, 6) is 0.248. The maximum Gasteiger partial charge on any atom is 0.271 e. The van der Waals surface area contributed by atoms with Crippen molar-refractivity contribution in [3.63, 3.8) is 0 Å². The molecule has 4 rings (SSSR count). The number of thioether (sulfide) groups is 1. The summed E-state index contributed by atoms with van der Waals surface area (Å²) < 4.78 is 5.73. The molecule has 0 atom stereocenters. The highest BCUT2D eigenvalue weighted by atomic mass is 35.5. The van der Waals surface area contributed by atoms with Gasteiger partial charge in [-0.2, -0.15) is 0 Å². The van der Waals surface area contributed by atoms with E-state index in [1.54, 1.807) is 29.2 Å². The Morgan fingerprint density at radius 2 is 1.72 bits per heavy atom. The van der Waals surface area contributed by atoms with Gasteiger partial charge in [0.05, 0.1) is 21.3 Å². The van der Waals surface area contributed by atoms with Crippen molar-refractivity contribution in [3.8, 4) is 5.75 Å². The van der Waals surface area contributed by atoms with Crippen LogP contribution in [-0.2, 0) is 4.79 Å². The van der Waals surface area contributed by atoms with Gasteiger partial charge in [-0.1, -0.05) is 72.3 Å². The van der Waals surface area contributed by atoms with E-state index in [9.17, 15) is 4.79 Å². The van der Waals surface area contributed by atoms with E-state index in [0.717, 1.165) is 11.4 Å². The van der Waals surface area contributed by atoms with Gasteiger partial charge in [-0.3, -0.25) is 9.69 Å². The fourth-order valence-corrected chi connectivity index (χ4v) is 4.65. The predicted molar refractivity (Wildman–Crippen MR) is 135 cm³/mol. The van der Waals surface area contributed by atoms with E-state index in [2.05, 4.69) is 6.58 Å². The minimum atomic E-state index is -0.193. The first-order chi connectivity index (χ1) is 15.6. The topological polar surface area (TPSA) is 41.9 Å². The van der Waals surface area contributed by atoms with Gasteiger partial charge in [-0.15, -0.1) is 0 Å². The third-order valence-corrected chi connectivity index (χ3v) is 5.94. The zero-order chi connectivity index (χ0) is 22.5. The lowest BCUT2D eigenvalue weighted by Crippen LogP contribution is -2.28. The standard InChI is InChI=1S/C25H18Cl2N2O2S/c1-2-13-31-23-17(14-18(26)16-21(23)27)15-22-24(30)29(20-11-7-4-8-12-20)25(32-22)28-19-9-5-3-6-10-19/h2-12,14-16H,1,13H2/b22-15+,28-25?. The minimum Gasteiger partial charge on any atom is -0.487 e. The highest BCUT2D eigenvalue weighted by Crippen LogP contribution is 2.40. The van der Waals surface area contributed by atoms with Crippen LogP contribution in [0.1, 0.15) is 5.56 Å². The number of para-hydroxylation sites is 2. The summed E-state index contributed by atoms with van der Waals surface area (Å²) in [5.41, 5.74) is 2.09. The van der Waals surface area contributed by atoms with Crippen molar-refractivity contribution in [3.05, 3.63) is 106 Å². The molecule has 0 spiro atoms. The number of ether oxygens (including phenoxy) is 1. The lowest BCUT2D eigenvalue weighted by molar-refractivity contribution is -0.113. The van der Waals surface area contributed by atoms with Gasteiger partial charge in [0, 0.05) is 10.6 Å². The van der Waals surface area contributed by atoms with E-state index >= 15 is 0 Å². The van der Waals surface area contributed by atoms with Crippen LogP contribution in [0.25, 0.3) is 6.08 Å². The van der Waals surface area contributed by atoms with Crippen molar-refractivity contribution in [1.82, 2.24) is 0 Å². The van der Waals surface area contributed by atoms with Crippen molar-refractivity contribution < 1.29 is 9.53 Å². The predicted octanol–water partition coefficient (Wildman–Crippen LogP) is 7.37. The number of aliphatic imine (C=N–C) groups is 1. The van der Waals surface area contributed by atoms with Crippen LogP contribution in [0.5, 0.6) is 5.75 Å². The summed E-state index contributed by atoms with van der Waals surface area (Å²) in [4.78, 5) is 20.2. The second-order valence-electron chi connectivity index (χ2n) is 6.72. The Bertz CT molecular complexity index is 1210. The molecule has 3 aromatic rings. The SMILES string of the molecule is C=CCOc1c(Cl)cc(Cl)cc1/C=C1/SC(=Nc2ccccc2)N(c2ccccc2)C1=O. The number of amides is 1. The van der Waals surface area contributed by atoms with Crippen molar-refractivity contribution in [2.45, 2.75) is 0 Å². The number of rotatable bonds is 6. The third kappa shape index (κ3) is 4.91. The second kappa shape index (κ2) is 10.1. The molecule has 0 N–H and O–H groups in total. The van der Waals surface area contributed by atoms with Crippen LogP contribution in [0.2, 0.25) is 10.0 Å². The van der Waals surface area contributed by atoms with E-state index in [4.69, 9.17) is 32.9 Å². The number of nitrogens with zero attached hydrogens (tertiary/aromatic N) is 2. The molecule has 1 amide bonds. The molecule has 1 heterocycles. The largest absolute Gasteiger partial charge is 0.487 e. The van der Waals surface area contributed by atoms with Crippen molar-refractivity contribution in [2.75, 3.05) is 11.5 Å². The van der Waals surface area contributed by atoms with Crippen LogP contribution >= 0.6 is 35.0 Å². The van der Waals surface area contributed by atoms with Gasteiger partial charge in [0.1, 0.15) is 12.4 Å². The molecule has 1 aliphatic rings. The molecule has 0 aliphatic carbocycles. The molecule has 0 radical (unpaired) electrons. The number of benzene rings is 3. The maximum atomic E-state index is 13.4. The summed E-state index contributed by atoms with van der Waals surface area (Å²) in [6.45, 7) is 3.94. The first-order valence-corrected chi connectivity index (χ1v) is 11.3. The molecular weight excluding hydrogens is 463 g/mol. The monoisotopic (exact) mass is 480 g/mol. The van der Waals surface area contributed by atoms with Crippen LogP contribution in [0.4, 0.5) is 11.4 Å². The molecule has 32 heavy (non-hydrogen) atoms. The fraction of sp³-hybridized carbons (Fsp3) is 0.0400. The van der Waals surface area contributed by atoms with Gasteiger partial charge in [0.2, 0.25) is 0 Å². The molecule has 0 unspecified atom stereocenters. The van der Waals surface area contributed by atoms with E-state index in [1.807, 2.05) is 60.7 Å². The summed E-state index contributed by atoms with van der Waals surface area (Å²) in [5, 5.41) is 1.36. The number of anilines is 1. The molecule has 0 bridgehead atoms. The first kappa shape index (κ1) is 22.2. The van der Waals surface area contributed by atoms with Crippen molar-refractivity contribution in [2.24, 2.45) is 4.99 Å². The number of hydrogen-bond acceptors (Lipinski definition) is 4. The summed E-state index contributed by atoms with van der Waals surface area (Å²) >= 11 is 13.9. The molecule has 3 aromatic carbocycles. The van der Waals surface area contributed by atoms with Crippen LogP contribution < -0.4 is 9.64 Å². The molecule has 7 heteroatoms. The van der Waals surface area contributed by atoms with Gasteiger partial charge in [-0.05, 0) is 54.2 Å². The fourth-order valence-electron chi connectivity index (χ4n) is 3.09. The molecule has 1 aliphatic heterocycles. The quantitative estimate of drug-likeness (QED) is 0.273. The summed E-state index contributed by atoms with van der Waals surface area (Å²) in [6, 6.07) is 22.2. The van der Waals surface area contributed by atoms with Crippen LogP contribution in [0.3, 0.4) is 0 Å². The van der Waals surface area contributed by atoms with E-state index in [1.165, 1.54) is 11.8 Å². The molecule has 1 saturated heterocycles. The smallest absolute Gasteiger partial charge is 0.271 e. The molecule has 160 valence electrons. The number of halogens is 2. The lowest BCUT2D eigenvalue weighted by Gasteiger charge is -2.15. The average molecular weight is 481 g/mol. The van der Waals surface area contributed by atoms with Gasteiger partial charge in [-0.25, -0.2) is 4.99 Å². The second-order valence-corrected chi connectivity index (χ2v) is 8.58. The average Bonchev–Trinajstić information content (AvgIpc) is 3.09. The van der Waals surface area contributed by atoms with Gasteiger partial charge in [0.25, 0.3) is 5.91 Å². The van der Waals surface area contributed by atoms with Gasteiger partial charge in [0.15, 0.2) is 5.17 Å². The van der Waals surface area contributed by atoms with Crippen LogP contribution in [0.15, 0.2) is 95.3 Å². The lowest BCUT2D eigenvalue weighted by atomic mass is 10.1. The molecule has 0 saturated carbocycles. The molecule has 1 fully saturated rings. The van der Waals surface area contributed by atoms with E-state index < -0.39 is 0 Å². The Morgan fingerprint density at radius 1 is 1.03 bits per heavy atom. The number of carbonyl (C=O) groups is 1. The maximum absolute atomic E-state index is 13.4. The van der Waals surface area contributed by atoms with E-state index in [0.29, 0.717) is 31.4 Å². The highest BCUT2D eigenvalue weighted by molar-refractivity contribution is 8.19. The zero-order valence-corrected chi connectivity index (χ0v) is 19.2. The Kier molecular flexibility index (Phi) is 7.00. The Morgan fingerprint density at radius 3 is 2.41 bits per heavy atom. The number of carbonyl (C=O) groups excluding carboxylic acids is 1. The molecule has 0 aromatic heterocycles. The summed E-state index contributed by atoms with van der Waals surface area (Å²) in [7, 11) is 0. The summed E-state index contributed by atoms with van der Waals surface area (Å²) in [6.07, 6.45) is 3.35. The zero-order valence-electron chi connectivity index (χ0n) is 16.9. The number of hydrogen-bond donors (Lipinski definition) is 0. The van der Waals surface area contributed by atoms with Gasteiger partial charge < -0.3 is 4.74 Å². The third-order valence-electron chi connectivity index (χ3n) is 4.47. The minimum absolute atomic E-state index is 0.193. The molecular formula is C25H18Cl2N2O2S. The highest BCUT2D eigenvalue weighted by Gasteiger charge is 2.35. The Hall–Kier alpha value is -2.99. The first-order valence-electron chi connectivity index (χ1n) is 9.72. The van der Waals surface area contributed by atoms with Crippen LogP contribution in [-0.4, -0.2) is 17.7 Å². The Labute approximate surface area is 200 Å².